The Balaban J connectivity index is 0.000000143. The molecule has 3 N–H and O–H groups in total. The third-order valence-electron chi connectivity index (χ3n) is 16.6. The Morgan fingerprint density at radius 1 is 0.269 bits per heavy atom. The van der Waals surface area contributed by atoms with Crippen LogP contribution in [0.5, 0.6) is 34.5 Å². The molecule has 2 heterocycles. The quantitative estimate of drug-likeness (QED) is 0.123. The number of benzene rings is 14. The highest BCUT2D eigenvalue weighted by Crippen LogP contribution is 2.35. The third-order valence-corrected chi connectivity index (χ3v) is 16.6. The summed E-state index contributed by atoms with van der Waals surface area (Å²) in [6.45, 7) is 17.0. The van der Waals surface area contributed by atoms with Crippen molar-refractivity contribution in [1.82, 2.24) is 0 Å². The lowest BCUT2D eigenvalue weighted by atomic mass is 10.0. The number of anilines is 3. The fourth-order valence-corrected chi connectivity index (χ4v) is 10.8. The highest BCUT2D eigenvalue weighted by atomic mass is 16.7. The molecule has 0 aromatic heterocycles. The van der Waals surface area contributed by atoms with Crippen LogP contribution >= 0.6 is 0 Å². The van der Waals surface area contributed by atoms with Crippen molar-refractivity contribution in [3.05, 3.63) is 425 Å². The molecule has 0 bridgehead atoms. The van der Waals surface area contributed by atoms with E-state index in [0.29, 0.717) is 30.3 Å². The first-order valence-electron chi connectivity index (χ1n) is 35.6. The summed E-state index contributed by atoms with van der Waals surface area (Å²) in [4.78, 5) is 35.6. The Kier molecular flexibility index (Phi) is 30.8. The number of carbonyl (C=O) groups is 3. The lowest BCUT2D eigenvalue weighted by molar-refractivity contribution is 0.101. The number of amides is 3. The second-order valence-electron chi connectivity index (χ2n) is 25.3. The lowest BCUT2D eigenvalue weighted by Gasteiger charge is -2.06. The van der Waals surface area contributed by atoms with Crippen LogP contribution in [0.2, 0.25) is 0 Å². The number of para-hydroxylation sites is 5. The maximum Gasteiger partial charge on any atom is 0.255 e. The van der Waals surface area contributed by atoms with Crippen LogP contribution in [0, 0.1) is 55.4 Å². The molecule has 3 amide bonds. The Morgan fingerprint density at radius 2 is 0.676 bits per heavy atom. The van der Waals surface area contributed by atoms with Gasteiger partial charge in [-0.2, -0.15) is 0 Å². The zero-order chi connectivity index (χ0) is 76.1. The summed E-state index contributed by atoms with van der Waals surface area (Å²) in [7, 11) is 0. The molecule has 2 aliphatic heterocycles. The number of hydrogen-bond acceptors (Lipinski definition) is 8. The topological polar surface area (TPSA) is 133 Å². The second-order valence-corrected chi connectivity index (χ2v) is 25.3. The number of carbonyl (C=O) groups excluding carboxylic acids is 3. The molecule has 14 aromatic rings. The SMILES string of the molecule is Cc1ccc(-c2ccccc2)cc1.Cc1ccc(C(=O)Nc2ccccc2)cc1.Cc1ccc2c(c1)OCO2.Cc1cccc(C(=O)Nc2ccccc2)c1.Cc1cccc(Oc2ccccc2)c1.Cc1cccc2c1OCO2.Cc1ccccc1-c1ccccc1.Cc1ccccc1C(=O)Nc1ccccc1. The van der Waals surface area contributed by atoms with Crippen LogP contribution in [0.15, 0.2) is 364 Å². The number of aryl methyl sites for hydroxylation is 8. The smallest absolute Gasteiger partial charge is 0.255 e. The average molecular weight is 1430 g/mol. The molecule has 16 rings (SSSR count). The van der Waals surface area contributed by atoms with Crippen molar-refractivity contribution in [2.75, 3.05) is 29.5 Å². The Hall–Kier alpha value is -13.5. The van der Waals surface area contributed by atoms with Gasteiger partial charge in [0.25, 0.3) is 17.7 Å². The van der Waals surface area contributed by atoms with E-state index in [1.54, 1.807) is 0 Å². The molecule has 0 spiro atoms. The van der Waals surface area contributed by atoms with Crippen LogP contribution in [-0.2, 0) is 0 Å². The molecule has 0 aliphatic carbocycles. The van der Waals surface area contributed by atoms with E-state index < -0.39 is 0 Å². The molecule has 0 fully saturated rings. The van der Waals surface area contributed by atoms with E-state index in [0.717, 1.165) is 73.8 Å². The van der Waals surface area contributed by atoms with Crippen LogP contribution in [-0.4, -0.2) is 31.3 Å². The van der Waals surface area contributed by atoms with Gasteiger partial charge >= 0.3 is 0 Å². The van der Waals surface area contributed by atoms with Gasteiger partial charge in [0.15, 0.2) is 23.0 Å². The molecule has 11 nitrogen and oxygen atoms in total. The van der Waals surface area contributed by atoms with Gasteiger partial charge in [-0.1, -0.05) is 271 Å². The molecule has 0 saturated carbocycles. The van der Waals surface area contributed by atoms with Gasteiger partial charge in [0, 0.05) is 33.8 Å². The summed E-state index contributed by atoms with van der Waals surface area (Å²) in [5.41, 5.74) is 19.1. The molecule has 11 heteroatoms. The summed E-state index contributed by atoms with van der Waals surface area (Å²) < 4.78 is 26.3. The summed E-state index contributed by atoms with van der Waals surface area (Å²) in [6, 6.07) is 119. The number of ether oxygens (including phenoxy) is 5. The van der Waals surface area contributed by atoms with Gasteiger partial charge in [-0.05, 0) is 215 Å². The molecule has 108 heavy (non-hydrogen) atoms. The van der Waals surface area contributed by atoms with Crippen LogP contribution in [0.25, 0.3) is 22.3 Å². The van der Waals surface area contributed by atoms with E-state index in [1.807, 2.05) is 295 Å². The first kappa shape index (κ1) is 78.6. The van der Waals surface area contributed by atoms with E-state index in [9.17, 15) is 14.4 Å². The molecule has 0 saturated heterocycles. The van der Waals surface area contributed by atoms with E-state index in [4.69, 9.17) is 23.7 Å². The first-order chi connectivity index (χ1) is 52.6. The van der Waals surface area contributed by atoms with E-state index in [1.165, 1.54) is 44.5 Å². The minimum atomic E-state index is -0.0776. The molecule has 542 valence electrons. The normalized spacial score (nSPS) is 10.6. The Bertz CT molecular complexity index is 5050. The van der Waals surface area contributed by atoms with E-state index in [2.05, 4.69) is 140 Å². The molecular formula is C97H91N3O8. The van der Waals surface area contributed by atoms with Crippen LogP contribution in [0.1, 0.15) is 75.6 Å². The summed E-state index contributed by atoms with van der Waals surface area (Å²) >= 11 is 0. The Labute approximate surface area is 636 Å². The van der Waals surface area contributed by atoms with E-state index in [-0.39, 0.29) is 17.7 Å². The fraction of sp³-hybridized carbons (Fsp3) is 0.103. The Morgan fingerprint density at radius 3 is 1.23 bits per heavy atom. The molecule has 14 aromatic carbocycles. The van der Waals surface area contributed by atoms with Crippen molar-refractivity contribution >= 4 is 34.8 Å². The number of fused-ring (bicyclic) bond motifs is 2. The standard InChI is InChI=1S/3C14H13NO.C13H12O.2C13H12.2C8H8O2/c1-11-6-5-7-12(10-11)14(16)15-13-8-3-2-4-9-13;1-11-7-5-6-10-13(11)14(16)15-12-8-3-2-4-9-12;1-11-7-9-12(10-8-11)14(16)15-13-5-3-2-4-6-13;1-11-6-5-9-13(10-11)14-12-7-3-2-4-8-12;1-11-7-5-6-10-13(11)12-8-3-2-4-9-12;1-11-7-9-13(10-8-11)12-5-3-2-4-6-12;1-6-2-3-7-8(4-6)10-5-9-7;1-6-3-2-4-7-8(6)10-5-9-7/h3*2-10H,1H3,(H,15,16);2-10H,1H3;2*2-10H,1H3;2*2-4H,5H2,1H3. The highest BCUT2D eigenvalue weighted by molar-refractivity contribution is 6.06. The largest absolute Gasteiger partial charge is 0.457 e. The van der Waals surface area contributed by atoms with Crippen LogP contribution < -0.4 is 39.6 Å². The molecule has 0 unspecified atom stereocenters. The lowest BCUT2D eigenvalue weighted by Crippen LogP contribution is -2.12. The van der Waals surface area contributed by atoms with Crippen molar-refractivity contribution in [3.63, 3.8) is 0 Å². The van der Waals surface area contributed by atoms with Crippen molar-refractivity contribution in [3.8, 4) is 56.8 Å². The van der Waals surface area contributed by atoms with E-state index >= 15 is 0 Å². The number of rotatable bonds is 10. The van der Waals surface area contributed by atoms with Gasteiger partial charge in [-0.15, -0.1) is 0 Å². The maximum absolute atomic E-state index is 11.9. The predicted octanol–water partition coefficient (Wildman–Crippen LogP) is 24.3. The van der Waals surface area contributed by atoms with Crippen LogP contribution in [0.3, 0.4) is 0 Å². The van der Waals surface area contributed by atoms with Crippen molar-refractivity contribution < 1.29 is 38.1 Å². The van der Waals surface area contributed by atoms with Crippen LogP contribution in [0.4, 0.5) is 17.1 Å². The van der Waals surface area contributed by atoms with Gasteiger partial charge < -0.3 is 39.6 Å². The van der Waals surface area contributed by atoms with Gasteiger partial charge in [0.1, 0.15) is 11.5 Å². The van der Waals surface area contributed by atoms with Gasteiger partial charge in [0.05, 0.1) is 0 Å². The summed E-state index contributed by atoms with van der Waals surface area (Å²) in [5.74, 6) is 5.01. The minimum absolute atomic E-state index is 0.0655. The summed E-state index contributed by atoms with van der Waals surface area (Å²) in [5, 5.41) is 8.55. The highest BCUT2D eigenvalue weighted by Gasteiger charge is 2.15. The molecule has 0 radical (unpaired) electrons. The zero-order valence-electron chi connectivity index (χ0n) is 62.3. The average Bonchev–Trinajstić information content (AvgIpc) is 1.48. The minimum Gasteiger partial charge on any atom is -0.457 e. The van der Waals surface area contributed by atoms with Gasteiger partial charge in [0.2, 0.25) is 13.6 Å². The first-order valence-corrected chi connectivity index (χ1v) is 35.6. The molecule has 2 aliphatic rings. The summed E-state index contributed by atoms with van der Waals surface area (Å²) in [6.07, 6.45) is 0. The fourth-order valence-electron chi connectivity index (χ4n) is 10.8. The maximum atomic E-state index is 11.9. The van der Waals surface area contributed by atoms with Crippen molar-refractivity contribution in [2.45, 2.75) is 55.4 Å². The monoisotopic (exact) mass is 1430 g/mol. The van der Waals surface area contributed by atoms with Crippen molar-refractivity contribution in [2.24, 2.45) is 0 Å². The third kappa shape index (κ3) is 26.3. The molecular weight excluding hydrogens is 1340 g/mol. The van der Waals surface area contributed by atoms with Gasteiger partial charge in [-0.3, -0.25) is 14.4 Å². The second kappa shape index (κ2) is 42.3. The predicted molar refractivity (Wildman–Crippen MR) is 442 cm³/mol. The van der Waals surface area contributed by atoms with Crippen molar-refractivity contribution in [1.29, 1.82) is 0 Å². The number of hydrogen-bond donors (Lipinski definition) is 3. The zero-order valence-corrected chi connectivity index (χ0v) is 62.3. The van der Waals surface area contributed by atoms with Gasteiger partial charge in [-0.25, -0.2) is 0 Å². The number of nitrogens with one attached hydrogen (secondary N) is 3. The molecule has 0 atom stereocenters.